The highest BCUT2D eigenvalue weighted by Crippen LogP contribution is 2.15. The molecule has 6 heteroatoms. The smallest absolute Gasteiger partial charge is 0.220 e. The maximum Gasteiger partial charge on any atom is 0.220 e. The predicted molar refractivity (Wildman–Crippen MR) is 102 cm³/mol. The lowest BCUT2D eigenvalue weighted by Gasteiger charge is -2.31. The highest BCUT2D eigenvalue weighted by atomic mass is 35.5. The molecule has 0 aromatic heterocycles. The molecular formula is C17H31Cl2N3O. The number of carbonyl (C=O) groups excluding carboxylic acids is 1. The van der Waals surface area contributed by atoms with Crippen molar-refractivity contribution in [2.75, 3.05) is 6.54 Å². The molecule has 134 valence electrons. The van der Waals surface area contributed by atoms with Gasteiger partial charge in [-0.15, -0.1) is 24.8 Å². The van der Waals surface area contributed by atoms with Gasteiger partial charge in [-0.05, 0) is 39.7 Å². The Morgan fingerprint density at radius 2 is 1.74 bits per heavy atom. The molecule has 0 saturated heterocycles. The molecule has 0 saturated carbocycles. The van der Waals surface area contributed by atoms with E-state index >= 15 is 0 Å². The predicted octanol–water partition coefficient (Wildman–Crippen LogP) is 3.20. The van der Waals surface area contributed by atoms with Gasteiger partial charge in [0.25, 0.3) is 0 Å². The molecule has 0 aliphatic heterocycles. The topological polar surface area (TPSA) is 67.2 Å². The van der Waals surface area contributed by atoms with E-state index in [0.717, 1.165) is 6.42 Å². The molecule has 0 fully saturated rings. The van der Waals surface area contributed by atoms with Crippen LogP contribution in [-0.2, 0) is 4.79 Å². The van der Waals surface area contributed by atoms with Gasteiger partial charge in [0.1, 0.15) is 0 Å². The Morgan fingerprint density at radius 1 is 1.17 bits per heavy atom. The fourth-order valence-electron chi connectivity index (χ4n) is 2.23. The van der Waals surface area contributed by atoms with Gasteiger partial charge in [0.2, 0.25) is 5.91 Å². The second-order valence-electron chi connectivity index (χ2n) is 6.45. The second kappa shape index (κ2) is 11.7. The van der Waals surface area contributed by atoms with E-state index in [-0.39, 0.29) is 48.3 Å². The Morgan fingerprint density at radius 3 is 2.26 bits per heavy atom. The van der Waals surface area contributed by atoms with Crippen molar-refractivity contribution < 1.29 is 4.79 Å². The first-order chi connectivity index (χ1) is 9.80. The van der Waals surface area contributed by atoms with Gasteiger partial charge >= 0.3 is 0 Å². The molecule has 0 spiro atoms. The molecule has 4 nitrogen and oxygen atoms in total. The van der Waals surface area contributed by atoms with Gasteiger partial charge in [-0.1, -0.05) is 30.3 Å². The molecular weight excluding hydrogens is 333 g/mol. The number of amides is 1. The molecule has 1 aromatic rings. The van der Waals surface area contributed by atoms with E-state index < -0.39 is 0 Å². The number of halogens is 2. The number of rotatable bonds is 8. The minimum absolute atomic E-state index is 0. The summed E-state index contributed by atoms with van der Waals surface area (Å²) in [5.74, 6) is 0.0644. The number of carbonyl (C=O) groups is 1. The fourth-order valence-corrected chi connectivity index (χ4v) is 2.23. The normalized spacial score (nSPS) is 13.3. The number of nitrogens with two attached hydrogens (primary N) is 1. The summed E-state index contributed by atoms with van der Waals surface area (Å²) in [4.78, 5) is 11.8. The maximum absolute atomic E-state index is 11.8. The van der Waals surface area contributed by atoms with Crippen LogP contribution >= 0.6 is 24.8 Å². The molecule has 0 radical (unpaired) electrons. The van der Waals surface area contributed by atoms with Crippen molar-refractivity contribution in [2.45, 2.75) is 58.2 Å². The standard InChI is InChI=1S/C17H29N3O.2ClH/c1-13(18)10-11-16(21)19-12-17(3,4)20-14(2)15-8-6-5-7-9-15;;/h5-9,13-14,20H,10-12,18H2,1-4H3,(H,19,21);2*1H. The largest absolute Gasteiger partial charge is 0.354 e. The van der Waals surface area contributed by atoms with Crippen LogP contribution in [-0.4, -0.2) is 24.0 Å². The Kier molecular flexibility index (Phi) is 12.4. The Balaban J connectivity index is 0. The third-order valence-corrected chi connectivity index (χ3v) is 3.46. The van der Waals surface area contributed by atoms with Crippen LogP contribution in [0.1, 0.15) is 52.1 Å². The lowest BCUT2D eigenvalue weighted by molar-refractivity contribution is -0.121. The maximum atomic E-state index is 11.8. The number of hydrogen-bond donors (Lipinski definition) is 3. The lowest BCUT2D eigenvalue weighted by Crippen LogP contribution is -2.49. The number of benzene rings is 1. The molecule has 4 N–H and O–H groups in total. The van der Waals surface area contributed by atoms with Gasteiger partial charge < -0.3 is 16.4 Å². The third kappa shape index (κ3) is 10.6. The number of nitrogens with one attached hydrogen (secondary N) is 2. The van der Waals surface area contributed by atoms with Gasteiger partial charge in [0, 0.05) is 30.6 Å². The zero-order valence-corrected chi connectivity index (χ0v) is 16.1. The lowest BCUT2D eigenvalue weighted by atomic mass is 10.0. The van der Waals surface area contributed by atoms with Crippen LogP contribution in [0.25, 0.3) is 0 Å². The van der Waals surface area contributed by atoms with Crippen molar-refractivity contribution >= 4 is 30.7 Å². The van der Waals surface area contributed by atoms with Crippen LogP contribution in [0.15, 0.2) is 30.3 Å². The molecule has 23 heavy (non-hydrogen) atoms. The molecule has 0 aliphatic rings. The first kappa shape index (κ1) is 24.4. The van der Waals surface area contributed by atoms with Crippen LogP contribution in [0, 0.1) is 0 Å². The zero-order valence-electron chi connectivity index (χ0n) is 14.5. The van der Waals surface area contributed by atoms with E-state index in [0.29, 0.717) is 13.0 Å². The monoisotopic (exact) mass is 363 g/mol. The van der Waals surface area contributed by atoms with E-state index in [9.17, 15) is 4.79 Å². The van der Waals surface area contributed by atoms with Crippen molar-refractivity contribution in [3.05, 3.63) is 35.9 Å². The van der Waals surface area contributed by atoms with Crippen molar-refractivity contribution in [2.24, 2.45) is 5.73 Å². The highest BCUT2D eigenvalue weighted by Gasteiger charge is 2.21. The van der Waals surface area contributed by atoms with E-state index in [1.54, 1.807) is 0 Å². The molecule has 1 amide bonds. The molecule has 1 rings (SSSR count). The van der Waals surface area contributed by atoms with Crippen LogP contribution in [0.5, 0.6) is 0 Å². The minimum atomic E-state index is -0.167. The SMILES string of the molecule is CC(N)CCC(=O)NCC(C)(C)NC(C)c1ccccc1.Cl.Cl. The minimum Gasteiger partial charge on any atom is -0.354 e. The zero-order chi connectivity index (χ0) is 15.9. The van der Waals surface area contributed by atoms with Gasteiger partial charge in [0.15, 0.2) is 0 Å². The van der Waals surface area contributed by atoms with Gasteiger partial charge in [-0.2, -0.15) is 0 Å². The van der Waals surface area contributed by atoms with E-state index in [1.165, 1.54) is 5.56 Å². The summed E-state index contributed by atoms with van der Waals surface area (Å²) in [5.41, 5.74) is 6.74. The first-order valence-electron chi connectivity index (χ1n) is 7.65. The van der Waals surface area contributed by atoms with Crippen LogP contribution < -0.4 is 16.4 Å². The van der Waals surface area contributed by atoms with Crippen molar-refractivity contribution in [3.8, 4) is 0 Å². The molecule has 2 atom stereocenters. The van der Waals surface area contributed by atoms with E-state index in [4.69, 9.17) is 5.73 Å². The third-order valence-electron chi connectivity index (χ3n) is 3.46. The van der Waals surface area contributed by atoms with Crippen LogP contribution in [0.2, 0.25) is 0 Å². The van der Waals surface area contributed by atoms with Crippen molar-refractivity contribution in [1.82, 2.24) is 10.6 Å². The van der Waals surface area contributed by atoms with Gasteiger partial charge in [0.05, 0.1) is 0 Å². The molecule has 2 unspecified atom stereocenters. The van der Waals surface area contributed by atoms with Crippen LogP contribution in [0.4, 0.5) is 0 Å². The van der Waals surface area contributed by atoms with Crippen LogP contribution in [0.3, 0.4) is 0 Å². The van der Waals surface area contributed by atoms with Gasteiger partial charge in [-0.25, -0.2) is 0 Å². The van der Waals surface area contributed by atoms with Crippen molar-refractivity contribution in [1.29, 1.82) is 0 Å². The van der Waals surface area contributed by atoms with Gasteiger partial charge in [-0.3, -0.25) is 4.79 Å². The summed E-state index contributed by atoms with van der Waals surface area (Å²) >= 11 is 0. The molecule has 0 bridgehead atoms. The first-order valence-corrected chi connectivity index (χ1v) is 7.65. The Hall–Kier alpha value is -0.810. The summed E-state index contributed by atoms with van der Waals surface area (Å²) in [6.07, 6.45) is 1.21. The quantitative estimate of drug-likeness (QED) is 0.664. The second-order valence-corrected chi connectivity index (χ2v) is 6.45. The summed E-state index contributed by atoms with van der Waals surface area (Å²) in [6, 6.07) is 10.6. The molecule has 1 aromatic carbocycles. The van der Waals surface area contributed by atoms with Crippen molar-refractivity contribution in [3.63, 3.8) is 0 Å². The summed E-state index contributed by atoms with van der Waals surface area (Å²) < 4.78 is 0. The fraction of sp³-hybridized carbons (Fsp3) is 0.588. The summed E-state index contributed by atoms with van der Waals surface area (Å²) in [5, 5.41) is 6.53. The summed E-state index contributed by atoms with van der Waals surface area (Å²) in [6.45, 7) is 8.84. The molecule has 0 aliphatic carbocycles. The Bertz CT molecular complexity index is 439. The average molecular weight is 364 g/mol. The summed E-state index contributed by atoms with van der Waals surface area (Å²) in [7, 11) is 0. The highest BCUT2D eigenvalue weighted by molar-refractivity contribution is 5.85. The molecule has 0 heterocycles. The van der Waals surface area contributed by atoms with E-state index in [1.807, 2.05) is 25.1 Å². The Labute approximate surface area is 152 Å². The average Bonchev–Trinajstić information content (AvgIpc) is 2.43. The number of hydrogen-bond acceptors (Lipinski definition) is 3. The van der Waals surface area contributed by atoms with E-state index in [2.05, 4.69) is 43.5 Å².